The van der Waals surface area contributed by atoms with Crippen LogP contribution >= 0.6 is 0 Å². The van der Waals surface area contributed by atoms with Crippen molar-refractivity contribution in [3.05, 3.63) is 30.2 Å². The van der Waals surface area contributed by atoms with Crippen molar-refractivity contribution < 1.29 is 0 Å². The smallest absolute Gasteiger partial charge is 0.0487 e. The molecule has 0 radical (unpaired) electrons. The summed E-state index contributed by atoms with van der Waals surface area (Å²) in [6.45, 7) is 2.37. The first-order valence-electron chi connectivity index (χ1n) is 6.25. The standard InChI is InChI=1S/C14H18N2/c1-10-3-2-4-11(7-10)12-9-16-14-5-6-15-8-13(12)14/h5-6,8-11,16H,2-4,7H2,1H3/t10-,11+/m0/s1. The molecule has 0 amide bonds. The van der Waals surface area contributed by atoms with E-state index in [2.05, 4.69) is 29.2 Å². The second-order valence-corrected chi connectivity index (χ2v) is 5.13. The van der Waals surface area contributed by atoms with Gasteiger partial charge in [0.2, 0.25) is 0 Å². The van der Waals surface area contributed by atoms with Crippen molar-refractivity contribution in [1.29, 1.82) is 0 Å². The predicted octanol–water partition coefficient (Wildman–Crippen LogP) is 3.86. The number of hydrogen-bond donors (Lipinski definition) is 1. The summed E-state index contributed by atoms with van der Waals surface area (Å²) in [4.78, 5) is 7.60. The van der Waals surface area contributed by atoms with Crippen molar-refractivity contribution in [3.63, 3.8) is 0 Å². The Balaban J connectivity index is 1.99. The van der Waals surface area contributed by atoms with Crippen LogP contribution in [0.1, 0.15) is 44.1 Å². The molecule has 0 bridgehead atoms. The number of hydrogen-bond acceptors (Lipinski definition) is 1. The van der Waals surface area contributed by atoms with E-state index < -0.39 is 0 Å². The van der Waals surface area contributed by atoms with Crippen LogP contribution in [-0.2, 0) is 0 Å². The van der Waals surface area contributed by atoms with Crippen molar-refractivity contribution in [2.24, 2.45) is 5.92 Å². The van der Waals surface area contributed by atoms with Crippen LogP contribution in [0, 0.1) is 5.92 Å². The maximum absolute atomic E-state index is 4.24. The molecule has 0 spiro atoms. The first kappa shape index (κ1) is 9.88. The number of fused-ring (bicyclic) bond motifs is 1. The average molecular weight is 214 g/mol. The zero-order valence-corrected chi connectivity index (χ0v) is 9.74. The molecule has 1 N–H and O–H groups in total. The molecule has 84 valence electrons. The Kier molecular flexibility index (Phi) is 2.43. The largest absolute Gasteiger partial charge is 0.361 e. The molecule has 0 aromatic carbocycles. The SMILES string of the molecule is C[C@H]1CCC[C@@H](c2c[nH]c3ccncc23)C1. The lowest BCUT2D eigenvalue weighted by Crippen LogP contribution is -2.11. The summed E-state index contributed by atoms with van der Waals surface area (Å²) < 4.78 is 0. The topological polar surface area (TPSA) is 28.7 Å². The van der Waals surface area contributed by atoms with E-state index in [4.69, 9.17) is 0 Å². The van der Waals surface area contributed by atoms with Crippen LogP contribution in [0.15, 0.2) is 24.7 Å². The molecule has 2 aromatic rings. The van der Waals surface area contributed by atoms with Gasteiger partial charge >= 0.3 is 0 Å². The maximum Gasteiger partial charge on any atom is 0.0487 e. The average Bonchev–Trinajstić information content (AvgIpc) is 2.72. The first-order valence-corrected chi connectivity index (χ1v) is 6.25. The lowest BCUT2D eigenvalue weighted by molar-refractivity contribution is 0.345. The normalized spacial score (nSPS) is 26.1. The Labute approximate surface area is 96.1 Å². The zero-order valence-electron chi connectivity index (χ0n) is 9.74. The summed E-state index contributed by atoms with van der Waals surface area (Å²) in [6, 6.07) is 2.06. The van der Waals surface area contributed by atoms with Gasteiger partial charge in [-0.2, -0.15) is 0 Å². The minimum Gasteiger partial charge on any atom is -0.361 e. The highest BCUT2D eigenvalue weighted by atomic mass is 14.7. The molecule has 0 saturated heterocycles. The molecule has 16 heavy (non-hydrogen) atoms. The van der Waals surface area contributed by atoms with Crippen LogP contribution in [-0.4, -0.2) is 9.97 Å². The fourth-order valence-electron chi connectivity index (χ4n) is 3.04. The lowest BCUT2D eigenvalue weighted by Gasteiger charge is -2.26. The third-order valence-electron chi connectivity index (χ3n) is 3.89. The summed E-state index contributed by atoms with van der Waals surface area (Å²) in [5, 5.41) is 1.32. The van der Waals surface area contributed by atoms with E-state index in [9.17, 15) is 0 Å². The molecule has 1 saturated carbocycles. The van der Waals surface area contributed by atoms with E-state index >= 15 is 0 Å². The molecular weight excluding hydrogens is 196 g/mol. The van der Waals surface area contributed by atoms with Gasteiger partial charge in [-0.1, -0.05) is 19.8 Å². The van der Waals surface area contributed by atoms with Crippen molar-refractivity contribution >= 4 is 10.9 Å². The summed E-state index contributed by atoms with van der Waals surface area (Å²) in [6.07, 6.45) is 11.5. The second kappa shape index (κ2) is 3.93. The Morgan fingerprint density at radius 2 is 2.31 bits per heavy atom. The van der Waals surface area contributed by atoms with E-state index in [-0.39, 0.29) is 0 Å². The van der Waals surface area contributed by atoms with Crippen LogP contribution < -0.4 is 0 Å². The molecular formula is C14H18N2. The van der Waals surface area contributed by atoms with Gasteiger partial charge in [0.1, 0.15) is 0 Å². The first-order chi connectivity index (χ1) is 7.84. The molecule has 1 aliphatic rings. The van der Waals surface area contributed by atoms with Crippen molar-refractivity contribution in [2.75, 3.05) is 0 Å². The molecule has 3 rings (SSSR count). The number of aromatic nitrogens is 2. The predicted molar refractivity (Wildman–Crippen MR) is 66.5 cm³/mol. The molecule has 1 aliphatic carbocycles. The van der Waals surface area contributed by atoms with Gasteiger partial charge in [0.25, 0.3) is 0 Å². The molecule has 0 aliphatic heterocycles. The molecule has 2 aromatic heterocycles. The van der Waals surface area contributed by atoms with E-state index in [0.717, 1.165) is 11.8 Å². The number of nitrogens with one attached hydrogen (secondary N) is 1. The van der Waals surface area contributed by atoms with Crippen molar-refractivity contribution in [1.82, 2.24) is 9.97 Å². The molecule has 2 nitrogen and oxygen atoms in total. The van der Waals surface area contributed by atoms with Gasteiger partial charge in [-0.25, -0.2) is 0 Å². The van der Waals surface area contributed by atoms with Crippen LogP contribution in [0.25, 0.3) is 10.9 Å². The quantitative estimate of drug-likeness (QED) is 0.767. The number of aromatic amines is 1. The third kappa shape index (κ3) is 1.62. The highest BCUT2D eigenvalue weighted by Crippen LogP contribution is 2.38. The zero-order chi connectivity index (χ0) is 11.0. The number of nitrogens with zero attached hydrogens (tertiary/aromatic N) is 1. The molecule has 2 heterocycles. The number of H-pyrrole nitrogens is 1. The number of rotatable bonds is 1. The van der Waals surface area contributed by atoms with Crippen molar-refractivity contribution in [3.8, 4) is 0 Å². The Hall–Kier alpha value is -1.31. The Bertz CT molecular complexity index is 486. The van der Waals surface area contributed by atoms with Gasteiger partial charge in [0.15, 0.2) is 0 Å². The van der Waals surface area contributed by atoms with E-state index in [1.807, 2.05) is 12.4 Å². The van der Waals surface area contributed by atoms with Gasteiger partial charge in [0.05, 0.1) is 0 Å². The van der Waals surface area contributed by atoms with Crippen LogP contribution in [0.4, 0.5) is 0 Å². The lowest BCUT2D eigenvalue weighted by atomic mass is 9.79. The maximum atomic E-state index is 4.24. The Morgan fingerprint density at radius 1 is 1.38 bits per heavy atom. The fraction of sp³-hybridized carbons (Fsp3) is 0.500. The molecule has 0 unspecified atom stereocenters. The van der Waals surface area contributed by atoms with Gasteiger partial charge in [0, 0.05) is 29.5 Å². The summed E-state index contributed by atoms with van der Waals surface area (Å²) in [5.74, 6) is 1.61. The van der Waals surface area contributed by atoms with E-state index in [1.165, 1.54) is 42.1 Å². The summed E-state index contributed by atoms with van der Waals surface area (Å²) >= 11 is 0. The summed E-state index contributed by atoms with van der Waals surface area (Å²) in [5.41, 5.74) is 2.71. The van der Waals surface area contributed by atoms with Gasteiger partial charge in [-0.15, -0.1) is 0 Å². The van der Waals surface area contributed by atoms with Gasteiger partial charge < -0.3 is 4.98 Å². The minimum absolute atomic E-state index is 0.738. The van der Waals surface area contributed by atoms with Gasteiger partial charge in [-0.3, -0.25) is 4.98 Å². The Morgan fingerprint density at radius 3 is 3.19 bits per heavy atom. The van der Waals surface area contributed by atoms with Crippen molar-refractivity contribution in [2.45, 2.75) is 38.5 Å². The number of pyridine rings is 1. The summed E-state index contributed by atoms with van der Waals surface area (Å²) in [7, 11) is 0. The second-order valence-electron chi connectivity index (χ2n) is 5.13. The van der Waals surface area contributed by atoms with Crippen LogP contribution in [0.2, 0.25) is 0 Å². The van der Waals surface area contributed by atoms with Crippen LogP contribution in [0.5, 0.6) is 0 Å². The van der Waals surface area contributed by atoms with Crippen LogP contribution in [0.3, 0.4) is 0 Å². The van der Waals surface area contributed by atoms with E-state index in [0.29, 0.717) is 0 Å². The fourth-order valence-corrected chi connectivity index (χ4v) is 3.04. The highest BCUT2D eigenvalue weighted by molar-refractivity contribution is 5.82. The molecule has 2 atom stereocenters. The third-order valence-corrected chi connectivity index (χ3v) is 3.89. The monoisotopic (exact) mass is 214 g/mol. The molecule has 1 fully saturated rings. The highest BCUT2D eigenvalue weighted by Gasteiger charge is 2.22. The molecule has 2 heteroatoms. The van der Waals surface area contributed by atoms with E-state index in [1.54, 1.807) is 0 Å². The van der Waals surface area contributed by atoms with Gasteiger partial charge in [-0.05, 0) is 36.3 Å². The minimum atomic E-state index is 0.738.